The highest BCUT2D eigenvalue weighted by molar-refractivity contribution is 5.43. The molecule has 1 N–H and O–H groups in total. The van der Waals surface area contributed by atoms with Gasteiger partial charge in [-0.3, -0.25) is 0 Å². The van der Waals surface area contributed by atoms with Gasteiger partial charge in [0.05, 0.1) is 20.3 Å². The van der Waals surface area contributed by atoms with Crippen LogP contribution >= 0.6 is 0 Å². The summed E-state index contributed by atoms with van der Waals surface area (Å²) in [6.45, 7) is 0.888. The third-order valence-corrected chi connectivity index (χ3v) is 5.21. The van der Waals surface area contributed by atoms with Crippen LogP contribution in [0.2, 0.25) is 0 Å². The van der Waals surface area contributed by atoms with E-state index in [0.717, 1.165) is 42.9 Å². The summed E-state index contributed by atoms with van der Waals surface area (Å²) in [6, 6.07) is 14.4. The van der Waals surface area contributed by atoms with Gasteiger partial charge in [-0.25, -0.2) is 0 Å². The largest absolute Gasteiger partial charge is 0.493 e. The summed E-state index contributed by atoms with van der Waals surface area (Å²) in [7, 11) is 5.40. The molecule has 2 atom stereocenters. The maximum atomic E-state index is 10.8. The van der Waals surface area contributed by atoms with Crippen molar-refractivity contribution < 1.29 is 14.6 Å². The molecule has 0 bridgehead atoms. The zero-order valence-electron chi connectivity index (χ0n) is 15.2. The molecule has 0 unspecified atom stereocenters. The Balaban J connectivity index is 1.64. The van der Waals surface area contributed by atoms with Gasteiger partial charge in [0.25, 0.3) is 0 Å². The molecule has 134 valence electrons. The molecule has 0 aliphatic heterocycles. The Hall–Kier alpha value is -2.04. The van der Waals surface area contributed by atoms with Gasteiger partial charge in [-0.2, -0.15) is 0 Å². The molecule has 3 rings (SSSR count). The number of rotatable bonds is 6. The zero-order chi connectivity index (χ0) is 17.8. The van der Waals surface area contributed by atoms with Crippen LogP contribution in [-0.2, 0) is 12.8 Å². The first-order chi connectivity index (χ1) is 12.1. The minimum absolute atomic E-state index is 0.162. The second-order valence-corrected chi connectivity index (χ2v) is 6.67. The van der Waals surface area contributed by atoms with Crippen LogP contribution in [0.5, 0.6) is 11.5 Å². The minimum atomic E-state index is -0.416. The highest BCUT2D eigenvalue weighted by atomic mass is 16.5. The lowest BCUT2D eigenvalue weighted by Gasteiger charge is -2.36. The molecule has 1 aliphatic rings. The number of fused-ring (bicyclic) bond motifs is 1. The number of hydrogen-bond acceptors (Lipinski definition) is 4. The number of hydrogen-bond donors (Lipinski definition) is 1. The zero-order valence-corrected chi connectivity index (χ0v) is 15.2. The van der Waals surface area contributed by atoms with Crippen LogP contribution in [0, 0.1) is 0 Å². The van der Waals surface area contributed by atoms with E-state index >= 15 is 0 Å². The van der Waals surface area contributed by atoms with E-state index in [1.165, 1.54) is 11.1 Å². The molecule has 2 aromatic carbocycles. The molecule has 0 fully saturated rings. The lowest BCUT2D eigenvalue weighted by molar-refractivity contribution is 0.0505. The average molecular weight is 341 g/mol. The Morgan fingerprint density at radius 3 is 2.60 bits per heavy atom. The SMILES string of the molecule is COc1ccc(CCN(C)[C@@H]2CCc3ccccc3[C@H]2O)cc1OC. The maximum Gasteiger partial charge on any atom is 0.160 e. The summed E-state index contributed by atoms with van der Waals surface area (Å²) < 4.78 is 10.7. The molecule has 0 aromatic heterocycles. The topological polar surface area (TPSA) is 41.9 Å². The van der Waals surface area contributed by atoms with Crippen LogP contribution in [0.15, 0.2) is 42.5 Å². The van der Waals surface area contributed by atoms with Crippen molar-refractivity contribution in [3.63, 3.8) is 0 Å². The van der Waals surface area contributed by atoms with Crippen LogP contribution in [0.25, 0.3) is 0 Å². The van der Waals surface area contributed by atoms with E-state index < -0.39 is 6.10 Å². The molecule has 0 heterocycles. The Morgan fingerprint density at radius 1 is 1.08 bits per heavy atom. The maximum absolute atomic E-state index is 10.8. The van der Waals surface area contributed by atoms with Crippen LogP contribution in [0.3, 0.4) is 0 Å². The Kier molecular flexibility index (Phi) is 5.61. The number of ether oxygens (including phenoxy) is 2. The van der Waals surface area contributed by atoms with Crippen molar-refractivity contribution in [1.82, 2.24) is 4.90 Å². The third kappa shape index (κ3) is 3.80. The van der Waals surface area contributed by atoms with Crippen molar-refractivity contribution >= 4 is 0 Å². The van der Waals surface area contributed by atoms with Gasteiger partial charge in [-0.1, -0.05) is 30.3 Å². The Bertz CT molecular complexity index is 716. The number of aryl methyl sites for hydroxylation is 1. The number of aliphatic hydroxyl groups excluding tert-OH is 1. The molecule has 0 radical (unpaired) electrons. The predicted octanol–water partition coefficient (Wildman–Crippen LogP) is 3.23. The van der Waals surface area contributed by atoms with E-state index in [1.807, 2.05) is 30.3 Å². The lowest BCUT2D eigenvalue weighted by atomic mass is 9.85. The van der Waals surface area contributed by atoms with Crippen molar-refractivity contribution in [3.8, 4) is 11.5 Å². The van der Waals surface area contributed by atoms with Crippen molar-refractivity contribution in [1.29, 1.82) is 0 Å². The molecule has 0 saturated carbocycles. The fraction of sp³-hybridized carbons (Fsp3) is 0.429. The number of nitrogens with zero attached hydrogens (tertiary/aromatic N) is 1. The van der Waals surface area contributed by atoms with E-state index in [4.69, 9.17) is 9.47 Å². The summed E-state index contributed by atoms with van der Waals surface area (Å²) in [6.07, 6.45) is 2.50. The summed E-state index contributed by atoms with van der Waals surface area (Å²) in [5, 5.41) is 10.8. The molecule has 0 saturated heterocycles. The molecule has 1 aliphatic carbocycles. The second kappa shape index (κ2) is 7.89. The fourth-order valence-electron chi connectivity index (χ4n) is 3.69. The minimum Gasteiger partial charge on any atom is -0.493 e. The van der Waals surface area contributed by atoms with Gasteiger partial charge in [0.2, 0.25) is 0 Å². The predicted molar refractivity (Wildman–Crippen MR) is 99.4 cm³/mol. The second-order valence-electron chi connectivity index (χ2n) is 6.67. The van der Waals surface area contributed by atoms with Gasteiger partial charge in [0.1, 0.15) is 0 Å². The molecule has 2 aromatic rings. The average Bonchev–Trinajstić information content (AvgIpc) is 2.66. The summed E-state index contributed by atoms with van der Waals surface area (Å²) >= 11 is 0. The Labute approximate surface area is 150 Å². The van der Waals surface area contributed by atoms with Crippen LogP contribution < -0.4 is 9.47 Å². The van der Waals surface area contributed by atoms with Gasteiger partial charge in [-0.05, 0) is 55.1 Å². The molecule has 4 nitrogen and oxygen atoms in total. The molecular weight excluding hydrogens is 314 g/mol. The fourth-order valence-corrected chi connectivity index (χ4v) is 3.69. The first-order valence-corrected chi connectivity index (χ1v) is 8.81. The van der Waals surface area contributed by atoms with E-state index in [2.05, 4.69) is 24.1 Å². The monoisotopic (exact) mass is 341 g/mol. The lowest BCUT2D eigenvalue weighted by Crippen LogP contribution is -2.40. The molecule has 0 amide bonds. The quantitative estimate of drug-likeness (QED) is 0.876. The summed E-state index contributed by atoms with van der Waals surface area (Å²) in [5.41, 5.74) is 3.56. The van der Waals surface area contributed by atoms with Gasteiger partial charge in [-0.15, -0.1) is 0 Å². The van der Waals surface area contributed by atoms with Crippen molar-refractivity contribution in [3.05, 3.63) is 59.2 Å². The molecule has 25 heavy (non-hydrogen) atoms. The molecule has 4 heteroatoms. The summed E-state index contributed by atoms with van der Waals surface area (Å²) in [5.74, 6) is 1.51. The summed E-state index contributed by atoms with van der Waals surface area (Å²) in [4.78, 5) is 2.28. The molecular formula is C21H27NO3. The number of methoxy groups -OCH3 is 2. The Morgan fingerprint density at radius 2 is 1.84 bits per heavy atom. The first kappa shape index (κ1) is 17.8. The first-order valence-electron chi connectivity index (χ1n) is 8.81. The van der Waals surface area contributed by atoms with Gasteiger partial charge in [0.15, 0.2) is 11.5 Å². The van der Waals surface area contributed by atoms with Gasteiger partial charge >= 0.3 is 0 Å². The van der Waals surface area contributed by atoms with E-state index in [0.29, 0.717) is 0 Å². The van der Waals surface area contributed by atoms with Gasteiger partial charge < -0.3 is 19.5 Å². The normalized spacial score (nSPS) is 19.6. The van der Waals surface area contributed by atoms with Crippen LogP contribution in [0.1, 0.15) is 29.2 Å². The molecule has 0 spiro atoms. The van der Waals surface area contributed by atoms with Crippen molar-refractivity contribution in [2.45, 2.75) is 31.4 Å². The number of benzene rings is 2. The highest BCUT2D eigenvalue weighted by Gasteiger charge is 2.30. The number of aliphatic hydroxyl groups is 1. The van der Waals surface area contributed by atoms with Crippen LogP contribution in [0.4, 0.5) is 0 Å². The highest BCUT2D eigenvalue weighted by Crippen LogP contribution is 2.33. The standard InChI is InChI=1S/C21H27NO3/c1-22(13-12-15-8-11-19(24-2)20(14-15)25-3)18-10-9-16-6-4-5-7-17(16)21(18)23/h4-8,11,14,18,21,23H,9-10,12-13H2,1-3H3/t18-,21-/m1/s1. The smallest absolute Gasteiger partial charge is 0.160 e. The van der Waals surface area contributed by atoms with Crippen molar-refractivity contribution in [2.75, 3.05) is 27.8 Å². The third-order valence-electron chi connectivity index (χ3n) is 5.21. The van der Waals surface area contributed by atoms with E-state index in [9.17, 15) is 5.11 Å². The van der Waals surface area contributed by atoms with Crippen molar-refractivity contribution in [2.24, 2.45) is 0 Å². The van der Waals surface area contributed by atoms with E-state index in [1.54, 1.807) is 14.2 Å². The van der Waals surface area contributed by atoms with Crippen LogP contribution in [-0.4, -0.2) is 43.9 Å². The van der Waals surface area contributed by atoms with E-state index in [-0.39, 0.29) is 6.04 Å². The van der Waals surface area contributed by atoms with Gasteiger partial charge in [0, 0.05) is 12.6 Å². The number of likely N-dealkylation sites (N-methyl/N-ethyl adjacent to an activating group) is 1.